The van der Waals surface area contributed by atoms with E-state index in [2.05, 4.69) is 15.9 Å². The average molecular weight is 459 g/mol. The Morgan fingerprint density at radius 1 is 1.10 bits per heavy atom. The molecule has 0 aliphatic carbocycles. The summed E-state index contributed by atoms with van der Waals surface area (Å²) in [6.07, 6.45) is 0. The van der Waals surface area contributed by atoms with E-state index >= 15 is 0 Å². The zero-order valence-electron chi connectivity index (χ0n) is 16.6. The first kappa shape index (κ1) is 21.1. The number of amides is 1. The molecule has 0 aromatic heterocycles. The van der Waals surface area contributed by atoms with Gasteiger partial charge in [-0.25, -0.2) is 0 Å². The Kier molecular flexibility index (Phi) is 6.39. The first-order chi connectivity index (χ1) is 13.8. The third kappa shape index (κ3) is 4.36. The summed E-state index contributed by atoms with van der Waals surface area (Å²) in [7, 11) is 5.49. The van der Waals surface area contributed by atoms with Gasteiger partial charge in [-0.3, -0.25) is 9.59 Å². The van der Waals surface area contributed by atoms with Crippen LogP contribution in [0.2, 0.25) is 0 Å². The molecule has 1 saturated heterocycles. The van der Waals surface area contributed by atoms with Gasteiger partial charge in [-0.2, -0.15) is 0 Å². The van der Waals surface area contributed by atoms with E-state index < -0.39 is 23.5 Å². The van der Waals surface area contributed by atoms with Gasteiger partial charge < -0.3 is 19.6 Å². The highest BCUT2D eigenvalue weighted by atomic mass is 79.9. The number of benzene rings is 2. The Bertz CT molecular complexity index is 936. The van der Waals surface area contributed by atoms with Crippen molar-refractivity contribution in [3.8, 4) is 5.75 Å². The van der Waals surface area contributed by atoms with Crippen molar-refractivity contribution in [2.75, 3.05) is 34.3 Å². The van der Waals surface area contributed by atoms with Crippen molar-refractivity contribution in [3.05, 3.63) is 69.7 Å². The number of hydrogen-bond donors (Lipinski definition) is 1. The number of likely N-dealkylation sites (tertiary alicyclic amines) is 1. The van der Waals surface area contributed by atoms with Crippen LogP contribution in [-0.4, -0.2) is 50.9 Å². The average Bonchev–Trinajstić information content (AvgIpc) is 2.97. The number of hydrogen-bond acceptors (Lipinski definition) is 4. The van der Waals surface area contributed by atoms with E-state index in [-0.39, 0.29) is 5.57 Å². The maximum atomic E-state index is 13.2. The summed E-state index contributed by atoms with van der Waals surface area (Å²) in [5.41, 5.74) is 1.08. The number of likely N-dealkylation sites (N-methyl/N-ethyl adjacent to an activating group) is 1. The van der Waals surface area contributed by atoms with E-state index in [1.165, 1.54) is 4.90 Å². The number of carbonyl (C=O) groups excluding carboxylic acids is 2. The number of nitrogens with zero attached hydrogens (tertiary/aromatic N) is 1. The van der Waals surface area contributed by atoms with Crippen molar-refractivity contribution in [1.29, 1.82) is 0 Å². The molecule has 1 heterocycles. The first-order valence-corrected chi connectivity index (χ1v) is 10.1. The zero-order valence-corrected chi connectivity index (χ0v) is 18.2. The van der Waals surface area contributed by atoms with Crippen LogP contribution in [0.1, 0.15) is 17.2 Å². The van der Waals surface area contributed by atoms with Gasteiger partial charge in [0.15, 0.2) is 0 Å². The third-order valence-corrected chi connectivity index (χ3v) is 5.45. The fourth-order valence-electron chi connectivity index (χ4n) is 3.33. The Balaban J connectivity index is 2.11. The van der Waals surface area contributed by atoms with Gasteiger partial charge in [-0.15, -0.1) is 0 Å². The number of halogens is 1. The smallest absolute Gasteiger partial charge is 0.295 e. The molecule has 1 atom stereocenters. The molecular formula is C22H23BrN2O4. The van der Waals surface area contributed by atoms with Crippen LogP contribution in [0.15, 0.2) is 58.6 Å². The van der Waals surface area contributed by atoms with Crippen LogP contribution in [0.5, 0.6) is 5.75 Å². The number of ether oxygens (including phenoxy) is 1. The summed E-state index contributed by atoms with van der Waals surface area (Å²) in [5.74, 6) is -1.18. The quantitative estimate of drug-likeness (QED) is 0.395. The predicted octanol–water partition coefficient (Wildman–Crippen LogP) is 0.826. The minimum Gasteiger partial charge on any atom is -0.872 e. The maximum Gasteiger partial charge on any atom is 0.295 e. The van der Waals surface area contributed by atoms with Crippen molar-refractivity contribution in [2.24, 2.45) is 0 Å². The summed E-state index contributed by atoms with van der Waals surface area (Å²) < 4.78 is 6.01. The third-order valence-electron chi connectivity index (χ3n) is 4.92. The number of Topliss-reactive ketones (excluding diaryl/α,β-unsaturated/α-hetero) is 1. The molecular weight excluding hydrogens is 436 g/mol. The van der Waals surface area contributed by atoms with Gasteiger partial charge in [0.2, 0.25) is 5.78 Å². The Labute approximate surface area is 178 Å². The number of ketones is 1. The van der Waals surface area contributed by atoms with Crippen LogP contribution >= 0.6 is 15.9 Å². The Morgan fingerprint density at radius 3 is 2.28 bits per heavy atom. The molecule has 7 heteroatoms. The van der Waals surface area contributed by atoms with Gasteiger partial charge in [0.05, 0.1) is 40.3 Å². The highest BCUT2D eigenvalue weighted by Gasteiger charge is 2.44. The van der Waals surface area contributed by atoms with Gasteiger partial charge in [0, 0.05) is 10.0 Å². The molecule has 1 unspecified atom stereocenters. The number of carbonyl (C=O) groups is 2. The lowest BCUT2D eigenvalue weighted by molar-refractivity contribution is -0.857. The van der Waals surface area contributed by atoms with Crippen molar-refractivity contribution in [2.45, 2.75) is 6.04 Å². The highest BCUT2D eigenvalue weighted by Crippen LogP contribution is 2.38. The Hall–Kier alpha value is -2.64. The largest absolute Gasteiger partial charge is 0.872 e. The lowest BCUT2D eigenvalue weighted by Crippen LogP contribution is -3.06. The SMILES string of the molecule is COc1ccc(C([O-])=C2C(=O)C(=O)N(CC[NH+](C)C)C2c2ccc(Br)cc2)cc1. The molecule has 29 heavy (non-hydrogen) atoms. The maximum absolute atomic E-state index is 13.2. The van der Waals surface area contributed by atoms with Crippen LogP contribution in [0.4, 0.5) is 0 Å². The van der Waals surface area contributed by atoms with Gasteiger partial charge >= 0.3 is 0 Å². The summed E-state index contributed by atoms with van der Waals surface area (Å²) in [4.78, 5) is 28.3. The van der Waals surface area contributed by atoms with Crippen LogP contribution in [0, 0.1) is 0 Å². The van der Waals surface area contributed by atoms with Gasteiger partial charge in [0.25, 0.3) is 5.91 Å². The van der Waals surface area contributed by atoms with E-state index in [0.717, 1.165) is 14.9 Å². The molecule has 6 nitrogen and oxygen atoms in total. The van der Waals surface area contributed by atoms with Crippen molar-refractivity contribution >= 4 is 33.4 Å². The van der Waals surface area contributed by atoms with E-state index in [0.29, 0.717) is 24.4 Å². The molecule has 2 aromatic carbocycles. The molecule has 0 saturated carbocycles. The first-order valence-electron chi connectivity index (χ1n) is 9.29. The number of methoxy groups -OCH3 is 1. The highest BCUT2D eigenvalue weighted by molar-refractivity contribution is 9.10. The fourth-order valence-corrected chi connectivity index (χ4v) is 3.60. The minimum absolute atomic E-state index is 0.00348. The fraction of sp³-hybridized carbons (Fsp3) is 0.273. The second-order valence-electron chi connectivity index (χ2n) is 7.21. The second-order valence-corrected chi connectivity index (χ2v) is 8.13. The topological polar surface area (TPSA) is 74.1 Å². The van der Waals surface area contributed by atoms with Crippen LogP contribution < -0.4 is 14.7 Å². The molecule has 0 spiro atoms. The molecule has 152 valence electrons. The molecule has 2 aromatic rings. The van der Waals surface area contributed by atoms with Gasteiger partial charge in [-0.05, 0) is 35.4 Å². The standard InChI is InChI=1S/C22H23BrN2O4/c1-24(2)12-13-25-19(14-4-8-16(23)9-5-14)18(21(27)22(25)28)20(26)15-6-10-17(29-3)11-7-15/h4-11,19,26H,12-13H2,1-3H3. The molecule has 1 fully saturated rings. The van der Waals surface area contributed by atoms with Crippen molar-refractivity contribution in [1.82, 2.24) is 4.90 Å². The predicted molar refractivity (Wildman–Crippen MR) is 111 cm³/mol. The lowest BCUT2D eigenvalue weighted by atomic mass is 9.95. The summed E-state index contributed by atoms with van der Waals surface area (Å²) in [5, 5.41) is 13.2. The number of rotatable bonds is 6. The molecule has 1 aliphatic rings. The number of quaternary nitrogens is 1. The van der Waals surface area contributed by atoms with E-state index in [9.17, 15) is 14.7 Å². The van der Waals surface area contributed by atoms with Crippen LogP contribution in [-0.2, 0) is 9.59 Å². The van der Waals surface area contributed by atoms with E-state index in [1.807, 2.05) is 38.4 Å². The summed E-state index contributed by atoms with van der Waals surface area (Å²) in [6, 6.07) is 13.2. The van der Waals surface area contributed by atoms with Crippen molar-refractivity contribution < 1.29 is 24.3 Å². The monoisotopic (exact) mass is 458 g/mol. The molecule has 0 radical (unpaired) electrons. The Morgan fingerprint density at radius 2 is 1.72 bits per heavy atom. The lowest BCUT2D eigenvalue weighted by Gasteiger charge is -2.27. The van der Waals surface area contributed by atoms with E-state index in [1.54, 1.807) is 31.4 Å². The normalized spacial score (nSPS) is 18.5. The van der Waals surface area contributed by atoms with Crippen molar-refractivity contribution in [3.63, 3.8) is 0 Å². The van der Waals surface area contributed by atoms with E-state index in [4.69, 9.17) is 4.74 Å². The van der Waals surface area contributed by atoms with Gasteiger partial charge in [-0.1, -0.05) is 46.0 Å². The summed E-state index contributed by atoms with van der Waals surface area (Å²) >= 11 is 3.40. The summed E-state index contributed by atoms with van der Waals surface area (Å²) in [6.45, 7) is 1.04. The molecule has 1 aliphatic heterocycles. The number of nitrogens with one attached hydrogen (secondary N) is 1. The van der Waals surface area contributed by atoms with Gasteiger partial charge in [0.1, 0.15) is 5.75 Å². The second kappa shape index (κ2) is 8.80. The minimum atomic E-state index is -0.729. The molecule has 1 N–H and O–H groups in total. The van der Waals surface area contributed by atoms with Crippen LogP contribution in [0.3, 0.4) is 0 Å². The molecule has 0 bridgehead atoms. The zero-order chi connectivity index (χ0) is 21.1. The van der Waals surface area contributed by atoms with Crippen LogP contribution in [0.25, 0.3) is 5.76 Å². The molecule has 1 amide bonds. The molecule has 3 rings (SSSR count).